The fourth-order valence-corrected chi connectivity index (χ4v) is 2.77. The summed E-state index contributed by atoms with van der Waals surface area (Å²) in [4.78, 5) is 13.1. The fourth-order valence-electron chi connectivity index (χ4n) is 1.84. The molecule has 0 aliphatic heterocycles. The van der Waals surface area contributed by atoms with E-state index in [9.17, 15) is 0 Å². The van der Waals surface area contributed by atoms with Crippen molar-refractivity contribution in [2.45, 2.75) is 45.7 Å². The van der Waals surface area contributed by atoms with Crippen LogP contribution in [0.5, 0.6) is 0 Å². The number of aromatic nitrogens is 3. The number of nitrogens with one attached hydrogen (secondary N) is 1. The second-order valence-corrected chi connectivity index (χ2v) is 5.90. The van der Waals surface area contributed by atoms with Gasteiger partial charge in [0.15, 0.2) is 0 Å². The molecule has 0 spiro atoms. The minimum absolute atomic E-state index is 0.160. The van der Waals surface area contributed by atoms with Crippen LogP contribution in [0.1, 0.15) is 62.1 Å². The van der Waals surface area contributed by atoms with Crippen molar-refractivity contribution < 1.29 is 0 Å². The fraction of sp³-hybridized carbons (Fsp3) is 0.500. The third-order valence-corrected chi connectivity index (χ3v) is 4.17. The van der Waals surface area contributed by atoms with Gasteiger partial charge in [0.2, 0.25) is 0 Å². The molecule has 2 atom stereocenters. The minimum atomic E-state index is 0.160. The van der Waals surface area contributed by atoms with Crippen molar-refractivity contribution in [3.8, 4) is 0 Å². The zero-order valence-corrected chi connectivity index (χ0v) is 12.6. The standard InChI is InChI=1S/C14H20N4S/c1-9(2)14-18-13(8-19-14)11(4)17-10(3)12-7-15-5-6-16-12/h5-11,17H,1-4H3/t10-,11-/m0/s1. The van der Waals surface area contributed by atoms with Crippen molar-refractivity contribution in [1.82, 2.24) is 20.3 Å². The van der Waals surface area contributed by atoms with Gasteiger partial charge in [-0.15, -0.1) is 11.3 Å². The molecule has 0 radical (unpaired) electrons. The maximum atomic E-state index is 4.68. The van der Waals surface area contributed by atoms with Crippen molar-refractivity contribution in [2.24, 2.45) is 0 Å². The molecular weight excluding hydrogens is 256 g/mol. The molecule has 0 bridgehead atoms. The van der Waals surface area contributed by atoms with E-state index in [2.05, 4.69) is 53.3 Å². The molecule has 1 N–H and O–H groups in total. The zero-order chi connectivity index (χ0) is 13.8. The van der Waals surface area contributed by atoms with Crippen LogP contribution in [0.25, 0.3) is 0 Å². The maximum Gasteiger partial charge on any atom is 0.0954 e. The summed E-state index contributed by atoms with van der Waals surface area (Å²) < 4.78 is 0. The van der Waals surface area contributed by atoms with Gasteiger partial charge in [0, 0.05) is 42.0 Å². The Kier molecular flexibility index (Phi) is 4.61. The molecule has 0 amide bonds. The number of rotatable bonds is 5. The lowest BCUT2D eigenvalue weighted by molar-refractivity contribution is 0.478. The molecule has 0 unspecified atom stereocenters. The Hall–Kier alpha value is -1.33. The Morgan fingerprint density at radius 1 is 1.05 bits per heavy atom. The molecule has 0 saturated carbocycles. The molecule has 0 fully saturated rings. The van der Waals surface area contributed by atoms with Gasteiger partial charge in [-0.3, -0.25) is 9.97 Å². The lowest BCUT2D eigenvalue weighted by Gasteiger charge is -2.17. The quantitative estimate of drug-likeness (QED) is 0.908. The van der Waals surface area contributed by atoms with Crippen molar-refractivity contribution >= 4 is 11.3 Å². The van der Waals surface area contributed by atoms with Gasteiger partial charge in [-0.1, -0.05) is 13.8 Å². The van der Waals surface area contributed by atoms with Gasteiger partial charge in [-0.05, 0) is 13.8 Å². The summed E-state index contributed by atoms with van der Waals surface area (Å²) in [5.74, 6) is 0.489. The Bertz CT molecular complexity index is 509. The summed E-state index contributed by atoms with van der Waals surface area (Å²) in [5, 5.41) is 6.83. The normalized spacial score (nSPS) is 14.6. The molecular formula is C14H20N4S. The highest BCUT2D eigenvalue weighted by molar-refractivity contribution is 7.09. The van der Waals surface area contributed by atoms with E-state index in [-0.39, 0.29) is 12.1 Å². The lowest BCUT2D eigenvalue weighted by Crippen LogP contribution is -2.23. The second-order valence-electron chi connectivity index (χ2n) is 5.01. The molecule has 0 aromatic carbocycles. The molecule has 19 heavy (non-hydrogen) atoms. The van der Waals surface area contributed by atoms with E-state index in [0.29, 0.717) is 5.92 Å². The van der Waals surface area contributed by atoms with Gasteiger partial charge in [0.1, 0.15) is 0 Å². The molecule has 0 aliphatic rings. The minimum Gasteiger partial charge on any atom is -0.301 e. The molecule has 2 rings (SSSR count). The van der Waals surface area contributed by atoms with Crippen molar-refractivity contribution in [2.75, 3.05) is 0 Å². The van der Waals surface area contributed by atoms with Gasteiger partial charge in [-0.2, -0.15) is 0 Å². The largest absolute Gasteiger partial charge is 0.301 e. The second kappa shape index (κ2) is 6.21. The first kappa shape index (κ1) is 14.1. The highest BCUT2D eigenvalue weighted by Crippen LogP contribution is 2.24. The molecule has 2 heterocycles. The van der Waals surface area contributed by atoms with Crippen LogP contribution >= 0.6 is 11.3 Å². The molecule has 4 nitrogen and oxygen atoms in total. The van der Waals surface area contributed by atoms with Gasteiger partial charge in [0.25, 0.3) is 0 Å². The van der Waals surface area contributed by atoms with Crippen LogP contribution in [-0.4, -0.2) is 15.0 Å². The van der Waals surface area contributed by atoms with E-state index in [4.69, 9.17) is 0 Å². The molecule has 2 aromatic rings. The van der Waals surface area contributed by atoms with Gasteiger partial charge in [-0.25, -0.2) is 4.98 Å². The van der Waals surface area contributed by atoms with E-state index in [1.165, 1.54) is 5.01 Å². The Labute approximate surface area is 118 Å². The van der Waals surface area contributed by atoms with E-state index >= 15 is 0 Å². The van der Waals surface area contributed by atoms with Crippen molar-refractivity contribution in [3.63, 3.8) is 0 Å². The Morgan fingerprint density at radius 2 is 1.79 bits per heavy atom. The third-order valence-electron chi connectivity index (χ3n) is 3.00. The topological polar surface area (TPSA) is 50.7 Å². The Morgan fingerprint density at radius 3 is 2.37 bits per heavy atom. The lowest BCUT2D eigenvalue weighted by atomic mass is 10.2. The first-order valence-corrected chi connectivity index (χ1v) is 7.43. The summed E-state index contributed by atoms with van der Waals surface area (Å²) in [5.41, 5.74) is 2.05. The first-order valence-electron chi connectivity index (χ1n) is 6.55. The van der Waals surface area contributed by atoms with Gasteiger partial charge < -0.3 is 5.32 Å². The smallest absolute Gasteiger partial charge is 0.0954 e. The average molecular weight is 276 g/mol. The SMILES string of the molecule is CC(C)c1nc([C@H](C)N[C@@H](C)c2cnccn2)cs1. The van der Waals surface area contributed by atoms with Crippen LogP contribution < -0.4 is 5.32 Å². The number of hydrogen-bond acceptors (Lipinski definition) is 5. The van der Waals surface area contributed by atoms with Crippen molar-refractivity contribution in [1.29, 1.82) is 0 Å². The molecule has 2 aromatic heterocycles. The predicted octanol–water partition coefficient (Wildman–Crippen LogP) is 3.47. The van der Waals surface area contributed by atoms with Crippen LogP contribution in [0.2, 0.25) is 0 Å². The molecule has 102 valence electrons. The Balaban J connectivity index is 2.02. The summed E-state index contributed by atoms with van der Waals surface area (Å²) in [6.07, 6.45) is 5.21. The number of thiazole rings is 1. The van der Waals surface area contributed by atoms with Crippen LogP contribution in [0.3, 0.4) is 0 Å². The summed E-state index contributed by atoms with van der Waals surface area (Å²) in [6, 6.07) is 0.369. The molecule has 0 aliphatic carbocycles. The van der Waals surface area contributed by atoms with Gasteiger partial charge in [0.05, 0.1) is 16.4 Å². The van der Waals surface area contributed by atoms with Gasteiger partial charge >= 0.3 is 0 Å². The average Bonchev–Trinajstić information content (AvgIpc) is 2.89. The van der Waals surface area contributed by atoms with Crippen molar-refractivity contribution in [3.05, 3.63) is 40.4 Å². The highest BCUT2D eigenvalue weighted by Gasteiger charge is 2.15. The van der Waals surface area contributed by atoms with Crippen LogP contribution in [0.4, 0.5) is 0 Å². The van der Waals surface area contributed by atoms with Crippen LogP contribution in [0.15, 0.2) is 24.0 Å². The summed E-state index contributed by atoms with van der Waals surface area (Å²) in [7, 11) is 0. The van der Waals surface area contributed by atoms with Crippen LogP contribution in [0, 0.1) is 0 Å². The number of hydrogen-bond donors (Lipinski definition) is 1. The van der Waals surface area contributed by atoms with E-state index in [1.54, 1.807) is 29.9 Å². The number of nitrogens with zero attached hydrogens (tertiary/aromatic N) is 3. The summed E-state index contributed by atoms with van der Waals surface area (Å²) in [6.45, 7) is 8.56. The predicted molar refractivity (Wildman–Crippen MR) is 78.2 cm³/mol. The highest BCUT2D eigenvalue weighted by atomic mass is 32.1. The monoisotopic (exact) mass is 276 g/mol. The third kappa shape index (κ3) is 3.58. The van der Waals surface area contributed by atoms with E-state index in [0.717, 1.165) is 11.4 Å². The first-order chi connectivity index (χ1) is 9.08. The molecule has 5 heteroatoms. The van der Waals surface area contributed by atoms with Crippen LogP contribution in [-0.2, 0) is 0 Å². The zero-order valence-electron chi connectivity index (χ0n) is 11.8. The maximum absolute atomic E-state index is 4.68. The summed E-state index contributed by atoms with van der Waals surface area (Å²) >= 11 is 1.73. The van der Waals surface area contributed by atoms with E-state index < -0.39 is 0 Å². The van der Waals surface area contributed by atoms with E-state index in [1.807, 2.05) is 0 Å². The molecule has 0 saturated heterocycles.